The predicted octanol–water partition coefficient (Wildman–Crippen LogP) is 17.3. The summed E-state index contributed by atoms with van der Waals surface area (Å²) in [6, 6.07) is -0.641. The number of esters is 1. The maximum Gasteiger partial charge on any atom is 0.305 e. The number of unbranched alkanes of at least 4 members (excludes halogenated alkanes) is 42. The average Bonchev–Trinajstić information content (AvgIpc) is 3.28. The molecule has 374 valence electrons. The van der Waals surface area contributed by atoms with Crippen molar-refractivity contribution < 1.29 is 24.5 Å². The monoisotopic (exact) mass is 890 g/mol. The standard InChI is InChI=1S/C57H111NO5/c1-3-5-7-9-11-13-15-17-19-21-23-24-26-29-33-37-41-45-49-55(60)54(53-59)58-56(61)50-46-42-38-34-30-28-32-36-40-44-48-52-63-57(62)51-47-43-39-35-31-27-25-22-20-18-16-14-12-10-8-6-4-2/h45,49,54-55,59-60H,3-44,46-48,50-53H2,1-2H3,(H,58,61)/b49-45+. The first-order valence-corrected chi connectivity index (χ1v) is 28.5. The van der Waals surface area contributed by atoms with Gasteiger partial charge in [-0.2, -0.15) is 0 Å². The van der Waals surface area contributed by atoms with Gasteiger partial charge in [-0.1, -0.05) is 283 Å². The summed E-state index contributed by atoms with van der Waals surface area (Å²) in [5.74, 6) is -0.0945. The van der Waals surface area contributed by atoms with Crippen molar-refractivity contribution in [3.8, 4) is 0 Å². The van der Waals surface area contributed by atoms with Gasteiger partial charge in [-0.05, 0) is 32.1 Å². The van der Waals surface area contributed by atoms with Gasteiger partial charge < -0.3 is 20.3 Å². The van der Waals surface area contributed by atoms with Crippen molar-refractivity contribution in [3.63, 3.8) is 0 Å². The van der Waals surface area contributed by atoms with Crippen molar-refractivity contribution in [1.82, 2.24) is 5.32 Å². The Morgan fingerprint density at radius 2 is 0.730 bits per heavy atom. The van der Waals surface area contributed by atoms with Gasteiger partial charge in [-0.15, -0.1) is 0 Å². The SMILES string of the molecule is CCCCCCCCCCCCCCCCCC/C=C/C(O)C(CO)NC(=O)CCCCCCCCCCCCCOC(=O)CCCCCCCCCCCCCCCCCCC. The molecule has 3 N–H and O–H groups in total. The van der Waals surface area contributed by atoms with E-state index >= 15 is 0 Å². The smallest absolute Gasteiger partial charge is 0.305 e. The molecule has 1 amide bonds. The van der Waals surface area contributed by atoms with Crippen molar-refractivity contribution in [1.29, 1.82) is 0 Å². The number of rotatable bonds is 53. The molecule has 0 aromatic heterocycles. The van der Waals surface area contributed by atoms with E-state index in [0.717, 1.165) is 57.8 Å². The van der Waals surface area contributed by atoms with Crippen LogP contribution < -0.4 is 5.32 Å². The molecule has 0 aromatic carbocycles. The molecule has 6 nitrogen and oxygen atoms in total. The molecular formula is C57H111NO5. The van der Waals surface area contributed by atoms with Crippen LogP contribution in [0.3, 0.4) is 0 Å². The highest BCUT2D eigenvalue weighted by Crippen LogP contribution is 2.17. The maximum absolute atomic E-state index is 12.5. The fourth-order valence-corrected chi connectivity index (χ4v) is 8.93. The third-order valence-corrected chi connectivity index (χ3v) is 13.3. The highest BCUT2D eigenvalue weighted by molar-refractivity contribution is 5.76. The van der Waals surface area contributed by atoms with Crippen LogP contribution in [-0.4, -0.2) is 47.4 Å². The van der Waals surface area contributed by atoms with Gasteiger partial charge in [0.1, 0.15) is 0 Å². The van der Waals surface area contributed by atoms with Gasteiger partial charge in [0.2, 0.25) is 5.91 Å². The van der Waals surface area contributed by atoms with Crippen LogP contribution in [-0.2, 0) is 14.3 Å². The average molecular weight is 891 g/mol. The van der Waals surface area contributed by atoms with E-state index in [-0.39, 0.29) is 18.5 Å². The largest absolute Gasteiger partial charge is 0.466 e. The van der Waals surface area contributed by atoms with Crippen molar-refractivity contribution in [3.05, 3.63) is 12.2 Å². The van der Waals surface area contributed by atoms with Crippen LogP contribution in [0, 0.1) is 0 Å². The highest BCUT2D eigenvalue weighted by Gasteiger charge is 2.18. The van der Waals surface area contributed by atoms with Crippen LogP contribution in [0.1, 0.15) is 316 Å². The minimum atomic E-state index is -0.856. The quantitative estimate of drug-likeness (QED) is 0.0321. The first-order chi connectivity index (χ1) is 31.0. The van der Waals surface area contributed by atoms with Gasteiger partial charge in [0.15, 0.2) is 0 Å². The van der Waals surface area contributed by atoms with E-state index in [9.17, 15) is 19.8 Å². The number of ether oxygens (including phenoxy) is 1. The number of hydrogen-bond acceptors (Lipinski definition) is 5. The number of carbonyl (C=O) groups excluding carboxylic acids is 2. The van der Waals surface area contributed by atoms with E-state index in [1.165, 1.54) is 231 Å². The zero-order valence-electron chi connectivity index (χ0n) is 42.6. The van der Waals surface area contributed by atoms with Crippen LogP contribution in [0.15, 0.2) is 12.2 Å². The van der Waals surface area contributed by atoms with E-state index in [2.05, 4.69) is 19.2 Å². The van der Waals surface area contributed by atoms with E-state index in [4.69, 9.17) is 4.74 Å². The number of aliphatic hydroxyl groups is 2. The number of aliphatic hydroxyl groups excluding tert-OH is 2. The van der Waals surface area contributed by atoms with Crippen LogP contribution >= 0.6 is 0 Å². The molecule has 2 atom stereocenters. The van der Waals surface area contributed by atoms with E-state index < -0.39 is 12.1 Å². The predicted molar refractivity (Wildman–Crippen MR) is 273 cm³/mol. The molecule has 0 aliphatic carbocycles. The maximum atomic E-state index is 12.5. The molecule has 0 saturated heterocycles. The fraction of sp³-hybridized carbons (Fsp3) is 0.930. The minimum absolute atomic E-state index is 0.0108. The molecule has 6 heteroatoms. The van der Waals surface area contributed by atoms with Gasteiger partial charge in [0.05, 0.1) is 25.4 Å². The number of amides is 1. The molecule has 0 bridgehead atoms. The Balaban J connectivity index is 3.47. The van der Waals surface area contributed by atoms with Gasteiger partial charge in [-0.25, -0.2) is 0 Å². The van der Waals surface area contributed by atoms with Crippen LogP contribution in [0.4, 0.5) is 0 Å². The normalized spacial score (nSPS) is 12.6. The van der Waals surface area contributed by atoms with Crippen molar-refractivity contribution in [2.24, 2.45) is 0 Å². The topological polar surface area (TPSA) is 95.9 Å². The molecule has 63 heavy (non-hydrogen) atoms. The Labute approximate surface area is 393 Å². The molecule has 0 heterocycles. The van der Waals surface area contributed by atoms with Gasteiger partial charge >= 0.3 is 5.97 Å². The van der Waals surface area contributed by atoms with Gasteiger partial charge in [0.25, 0.3) is 0 Å². The summed E-state index contributed by atoms with van der Waals surface area (Å²) in [6.45, 7) is 4.89. The molecule has 0 fully saturated rings. The lowest BCUT2D eigenvalue weighted by Crippen LogP contribution is -2.45. The van der Waals surface area contributed by atoms with Crippen LogP contribution in [0.25, 0.3) is 0 Å². The molecule has 0 spiro atoms. The zero-order valence-corrected chi connectivity index (χ0v) is 42.6. The summed E-state index contributed by atoms with van der Waals surface area (Å²) in [7, 11) is 0. The first-order valence-electron chi connectivity index (χ1n) is 28.5. The summed E-state index contributed by atoms with van der Waals surface area (Å²) >= 11 is 0. The summed E-state index contributed by atoms with van der Waals surface area (Å²) in [5.41, 5.74) is 0. The summed E-state index contributed by atoms with van der Waals surface area (Å²) < 4.78 is 5.48. The lowest BCUT2D eigenvalue weighted by Gasteiger charge is -2.20. The van der Waals surface area contributed by atoms with Crippen molar-refractivity contribution >= 4 is 11.9 Å². The minimum Gasteiger partial charge on any atom is -0.466 e. The summed E-state index contributed by atoms with van der Waals surface area (Å²) in [4.78, 5) is 24.5. The third-order valence-electron chi connectivity index (χ3n) is 13.3. The molecule has 0 aliphatic rings. The van der Waals surface area contributed by atoms with Crippen LogP contribution in [0.2, 0.25) is 0 Å². The molecule has 0 aliphatic heterocycles. The van der Waals surface area contributed by atoms with Crippen LogP contribution in [0.5, 0.6) is 0 Å². The Bertz CT molecular complexity index is 939. The fourth-order valence-electron chi connectivity index (χ4n) is 8.93. The molecule has 0 aromatic rings. The summed E-state index contributed by atoms with van der Waals surface area (Å²) in [5, 5.41) is 23.1. The Morgan fingerprint density at radius 1 is 0.429 bits per heavy atom. The lowest BCUT2D eigenvalue weighted by atomic mass is 10.0. The zero-order chi connectivity index (χ0) is 45.8. The Kier molecular flexibility index (Phi) is 52.0. The lowest BCUT2D eigenvalue weighted by molar-refractivity contribution is -0.143. The Morgan fingerprint density at radius 3 is 1.08 bits per heavy atom. The second-order valence-corrected chi connectivity index (χ2v) is 19.6. The van der Waals surface area contributed by atoms with Gasteiger partial charge in [0, 0.05) is 12.8 Å². The van der Waals surface area contributed by atoms with E-state index in [1.54, 1.807) is 6.08 Å². The number of allylic oxidation sites excluding steroid dienone is 1. The summed E-state index contributed by atoms with van der Waals surface area (Å²) in [6.07, 6.45) is 62.2. The molecule has 2 unspecified atom stereocenters. The molecule has 0 saturated carbocycles. The molecule has 0 rings (SSSR count). The van der Waals surface area contributed by atoms with E-state index in [1.807, 2.05) is 6.08 Å². The van der Waals surface area contributed by atoms with Crippen molar-refractivity contribution in [2.45, 2.75) is 328 Å². The first kappa shape index (κ1) is 61.6. The Hall–Kier alpha value is -1.40. The highest BCUT2D eigenvalue weighted by atomic mass is 16.5. The second kappa shape index (κ2) is 53.2. The molecule has 0 radical (unpaired) electrons. The number of carbonyl (C=O) groups is 2. The second-order valence-electron chi connectivity index (χ2n) is 19.6. The van der Waals surface area contributed by atoms with Gasteiger partial charge in [-0.3, -0.25) is 9.59 Å². The van der Waals surface area contributed by atoms with E-state index in [0.29, 0.717) is 19.4 Å². The number of nitrogens with one attached hydrogen (secondary N) is 1. The number of hydrogen-bond donors (Lipinski definition) is 3. The third kappa shape index (κ3) is 49.9. The van der Waals surface area contributed by atoms with Crippen molar-refractivity contribution in [2.75, 3.05) is 13.2 Å². The molecular weight excluding hydrogens is 779 g/mol.